The number of pyridine rings is 1. The smallest absolute Gasteiger partial charge is 0.0622 e. The minimum Gasteiger partial charge on any atom is -0.380 e. The third kappa shape index (κ3) is 2.69. The molecule has 1 aromatic rings. The maximum Gasteiger partial charge on any atom is 0.0622 e. The second kappa shape index (κ2) is 5.25. The molecule has 0 saturated carbocycles. The molecule has 1 unspecified atom stereocenters. The van der Waals surface area contributed by atoms with Crippen molar-refractivity contribution in [3.8, 4) is 0 Å². The van der Waals surface area contributed by atoms with Gasteiger partial charge in [0.25, 0.3) is 0 Å². The van der Waals surface area contributed by atoms with Crippen LogP contribution in [0.25, 0.3) is 0 Å². The van der Waals surface area contributed by atoms with Gasteiger partial charge in [0, 0.05) is 25.4 Å². The Morgan fingerprint density at radius 2 is 2.56 bits per heavy atom. The molecule has 1 saturated heterocycles. The van der Waals surface area contributed by atoms with Gasteiger partial charge in [-0.05, 0) is 25.6 Å². The normalized spacial score (nSPS) is 20.3. The number of hydrazine groups is 1. The number of rotatable bonds is 4. The van der Waals surface area contributed by atoms with Gasteiger partial charge in [-0.3, -0.25) is 15.7 Å². The summed E-state index contributed by atoms with van der Waals surface area (Å²) in [5, 5.41) is 0. The van der Waals surface area contributed by atoms with E-state index in [1.807, 2.05) is 12.1 Å². The van der Waals surface area contributed by atoms with Crippen LogP contribution in [0.1, 0.15) is 12.1 Å². The van der Waals surface area contributed by atoms with E-state index >= 15 is 0 Å². The van der Waals surface area contributed by atoms with Crippen LogP contribution < -0.4 is 11.3 Å². The number of nitrogen functional groups attached to an aromatic ring is 1. The molecule has 0 aromatic carbocycles. The van der Waals surface area contributed by atoms with Crippen molar-refractivity contribution >= 4 is 5.69 Å². The first-order chi connectivity index (χ1) is 7.79. The molecule has 88 valence electrons. The standard InChI is InChI=1S/C11H18N4O/c1-15(11-3-5-16-8-11)7-10-6-9(14-12)2-4-13-10/h2,4,6,11H,3,5,7-8,12H2,1H3,(H,13,14). The van der Waals surface area contributed by atoms with Crippen LogP contribution in [0.5, 0.6) is 0 Å². The predicted molar refractivity (Wildman–Crippen MR) is 62.7 cm³/mol. The van der Waals surface area contributed by atoms with Gasteiger partial charge in [-0.1, -0.05) is 0 Å². The third-order valence-electron chi connectivity index (χ3n) is 2.92. The Bertz CT molecular complexity index is 339. The first-order valence-corrected chi connectivity index (χ1v) is 5.49. The summed E-state index contributed by atoms with van der Waals surface area (Å²) in [4.78, 5) is 6.59. The lowest BCUT2D eigenvalue weighted by Crippen LogP contribution is -2.31. The fourth-order valence-corrected chi connectivity index (χ4v) is 1.91. The number of hydrogen-bond acceptors (Lipinski definition) is 5. The first kappa shape index (κ1) is 11.3. The molecule has 16 heavy (non-hydrogen) atoms. The van der Waals surface area contributed by atoms with E-state index in [9.17, 15) is 0 Å². The SMILES string of the molecule is CN(Cc1cc(NN)ccn1)C1CCOC1. The number of nitrogens with one attached hydrogen (secondary N) is 1. The van der Waals surface area contributed by atoms with Gasteiger partial charge in [0.2, 0.25) is 0 Å². The minimum atomic E-state index is 0.510. The quantitative estimate of drug-likeness (QED) is 0.576. The molecule has 0 radical (unpaired) electrons. The van der Waals surface area contributed by atoms with Gasteiger partial charge >= 0.3 is 0 Å². The Morgan fingerprint density at radius 1 is 1.69 bits per heavy atom. The zero-order chi connectivity index (χ0) is 11.4. The molecule has 0 amide bonds. The summed E-state index contributed by atoms with van der Waals surface area (Å²) in [7, 11) is 2.10. The molecule has 2 rings (SSSR count). The second-order valence-electron chi connectivity index (χ2n) is 4.11. The summed E-state index contributed by atoms with van der Waals surface area (Å²) in [6.45, 7) is 2.52. The maximum atomic E-state index is 5.37. The van der Waals surface area contributed by atoms with Gasteiger partial charge in [0.15, 0.2) is 0 Å². The first-order valence-electron chi connectivity index (χ1n) is 5.49. The summed E-state index contributed by atoms with van der Waals surface area (Å²) < 4.78 is 5.37. The Hall–Kier alpha value is -1.17. The number of nitrogens with zero attached hydrogens (tertiary/aromatic N) is 2. The van der Waals surface area contributed by atoms with Crippen LogP contribution in [0.3, 0.4) is 0 Å². The summed E-state index contributed by atoms with van der Waals surface area (Å²) in [6.07, 6.45) is 2.87. The fraction of sp³-hybridized carbons (Fsp3) is 0.545. The molecule has 0 bridgehead atoms. The topological polar surface area (TPSA) is 63.4 Å². The Balaban J connectivity index is 1.96. The van der Waals surface area contributed by atoms with Crippen LogP contribution in [0.15, 0.2) is 18.3 Å². The summed E-state index contributed by atoms with van der Waals surface area (Å²) in [5.74, 6) is 5.36. The zero-order valence-corrected chi connectivity index (χ0v) is 9.52. The fourth-order valence-electron chi connectivity index (χ4n) is 1.91. The van der Waals surface area contributed by atoms with Gasteiger partial charge in [0.1, 0.15) is 0 Å². The highest BCUT2D eigenvalue weighted by Crippen LogP contribution is 2.14. The van der Waals surface area contributed by atoms with Crippen LogP contribution in [-0.4, -0.2) is 36.2 Å². The van der Waals surface area contributed by atoms with Crippen molar-refractivity contribution in [2.75, 3.05) is 25.7 Å². The second-order valence-corrected chi connectivity index (χ2v) is 4.11. The molecule has 3 N–H and O–H groups in total. The van der Waals surface area contributed by atoms with Crippen LogP contribution in [-0.2, 0) is 11.3 Å². The summed E-state index contributed by atoms with van der Waals surface area (Å²) in [6, 6.07) is 4.32. The number of hydrogen-bond donors (Lipinski definition) is 2. The highest BCUT2D eigenvalue weighted by atomic mass is 16.5. The number of anilines is 1. The molecule has 0 aliphatic carbocycles. The lowest BCUT2D eigenvalue weighted by molar-refractivity contribution is 0.156. The number of ether oxygens (including phenoxy) is 1. The molecule has 1 fully saturated rings. The molecule has 2 heterocycles. The molecule has 1 atom stereocenters. The van der Waals surface area contributed by atoms with E-state index in [1.165, 1.54) is 0 Å². The van der Waals surface area contributed by atoms with E-state index < -0.39 is 0 Å². The van der Waals surface area contributed by atoms with Crippen LogP contribution >= 0.6 is 0 Å². The average Bonchev–Trinajstić information content (AvgIpc) is 2.83. The number of aromatic nitrogens is 1. The molecular formula is C11H18N4O. The zero-order valence-electron chi connectivity index (χ0n) is 9.52. The average molecular weight is 222 g/mol. The highest BCUT2D eigenvalue weighted by Gasteiger charge is 2.20. The molecule has 1 aliphatic rings. The van der Waals surface area contributed by atoms with Crippen molar-refractivity contribution in [2.24, 2.45) is 5.84 Å². The van der Waals surface area contributed by atoms with Crippen LogP contribution in [0, 0.1) is 0 Å². The maximum absolute atomic E-state index is 5.37. The van der Waals surface area contributed by atoms with Crippen LogP contribution in [0.4, 0.5) is 5.69 Å². The van der Waals surface area contributed by atoms with Crippen molar-refractivity contribution in [3.05, 3.63) is 24.0 Å². The van der Waals surface area contributed by atoms with Crippen molar-refractivity contribution in [1.82, 2.24) is 9.88 Å². The van der Waals surface area contributed by atoms with E-state index in [2.05, 4.69) is 22.4 Å². The summed E-state index contributed by atoms with van der Waals surface area (Å²) in [5.41, 5.74) is 4.54. The number of likely N-dealkylation sites (N-methyl/N-ethyl adjacent to an activating group) is 1. The molecule has 5 heteroatoms. The molecule has 1 aliphatic heterocycles. The van der Waals surface area contributed by atoms with Crippen LogP contribution in [0.2, 0.25) is 0 Å². The van der Waals surface area contributed by atoms with E-state index in [1.54, 1.807) is 6.20 Å². The Kier molecular flexibility index (Phi) is 3.71. The van der Waals surface area contributed by atoms with Crippen molar-refractivity contribution in [1.29, 1.82) is 0 Å². The predicted octanol–water partition coefficient (Wildman–Crippen LogP) is 0.588. The molecule has 1 aromatic heterocycles. The minimum absolute atomic E-state index is 0.510. The van der Waals surface area contributed by atoms with Gasteiger partial charge in [-0.15, -0.1) is 0 Å². The van der Waals surface area contributed by atoms with Crippen molar-refractivity contribution in [3.63, 3.8) is 0 Å². The highest BCUT2D eigenvalue weighted by molar-refractivity contribution is 5.41. The number of nitrogens with two attached hydrogens (primary N) is 1. The Morgan fingerprint density at radius 3 is 3.25 bits per heavy atom. The summed E-state index contributed by atoms with van der Waals surface area (Å²) >= 11 is 0. The third-order valence-corrected chi connectivity index (χ3v) is 2.92. The monoisotopic (exact) mass is 222 g/mol. The van der Waals surface area contributed by atoms with Gasteiger partial charge in [0.05, 0.1) is 18.0 Å². The van der Waals surface area contributed by atoms with E-state index in [0.29, 0.717) is 6.04 Å². The van der Waals surface area contributed by atoms with E-state index in [4.69, 9.17) is 10.6 Å². The van der Waals surface area contributed by atoms with Gasteiger partial charge in [-0.25, -0.2) is 0 Å². The Labute approximate surface area is 95.6 Å². The lowest BCUT2D eigenvalue weighted by atomic mass is 10.2. The molecule has 5 nitrogen and oxygen atoms in total. The van der Waals surface area contributed by atoms with E-state index in [0.717, 1.165) is 37.6 Å². The largest absolute Gasteiger partial charge is 0.380 e. The van der Waals surface area contributed by atoms with Crippen molar-refractivity contribution in [2.45, 2.75) is 19.0 Å². The van der Waals surface area contributed by atoms with Gasteiger partial charge < -0.3 is 10.2 Å². The molecule has 0 spiro atoms. The lowest BCUT2D eigenvalue weighted by Gasteiger charge is -2.22. The van der Waals surface area contributed by atoms with Crippen molar-refractivity contribution < 1.29 is 4.74 Å². The van der Waals surface area contributed by atoms with E-state index in [-0.39, 0.29) is 0 Å². The molecular weight excluding hydrogens is 204 g/mol. The van der Waals surface area contributed by atoms with Gasteiger partial charge in [-0.2, -0.15) is 0 Å².